The highest BCUT2D eigenvalue weighted by molar-refractivity contribution is 7.12. The van der Waals surface area contributed by atoms with Crippen LogP contribution in [-0.2, 0) is 7.05 Å². The van der Waals surface area contributed by atoms with E-state index >= 15 is 0 Å². The molecular weight excluding hydrogens is 440 g/mol. The zero-order chi connectivity index (χ0) is 23.4. The maximum Gasteiger partial charge on any atom is 0.336 e. The van der Waals surface area contributed by atoms with Crippen LogP contribution in [-0.4, -0.2) is 56.2 Å². The molecule has 0 bridgehead atoms. The number of hydrogen-bond acceptors (Lipinski definition) is 8. The van der Waals surface area contributed by atoms with Crippen LogP contribution in [0.3, 0.4) is 0 Å². The fourth-order valence-electron chi connectivity index (χ4n) is 3.67. The van der Waals surface area contributed by atoms with Crippen LogP contribution in [0.4, 0.5) is 11.4 Å². The number of rotatable bonds is 4. The molecule has 1 fully saturated rings. The topological polar surface area (TPSA) is 110 Å². The number of fused-ring (bicyclic) bond motifs is 1. The summed E-state index contributed by atoms with van der Waals surface area (Å²) in [5.41, 5.74) is 2.74. The van der Waals surface area contributed by atoms with E-state index in [4.69, 9.17) is 0 Å². The Kier molecular flexibility index (Phi) is 6.80. The molecule has 0 aromatic carbocycles. The minimum Gasteiger partial charge on any atom is -0.367 e. The first-order chi connectivity index (χ1) is 16.1. The van der Waals surface area contributed by atoms with Crippen molar-refractivity contribution in [3.05, 3.63) is 58.3 Å². The normalized spacial score (nSPS) is 13.5. The fraction of sp³-hybridized carbons (Fsp3) is 0.318. The molecule has 0 aliphatic carbocycles. The SMILES string of the molecule is CC.Cn1c(=O)n(-c2nc(C(=O)Nc3cnccc3N3CCNCC3)cs2)c2cccnc21. The van der Waals surface area contributed by atoms with Crippen molar-refractivity contribution < 1.29 is 4.79 Å². The summed E-state index contributed by atoms with van der Waals surface area (Å²) in [4.78, 5) is 40.7. The number of imidazole rings is 1. The fourth-order valence-corrected chi connectivity index (χ4v) is 4.48. The van der Waals surface area contributed by atoms with E-state index in [2.05, 4.69) is 30.5 Å². The molecule has 1 aliphatic heterocycles. The summed E-state index contributed by atoms with van der Waals surface area (Å²) >= 11 is 1.23. The molecule has 1 amide bonds. The molecule has 172 valence electrons. The zero-order valence-electron chi connectivity index (χ0n) is 18.8. The van der Waals surface area contributed by atoms with Crippen LogP contribution in [0.5, 0.6) is 0 Å². The van der Waals surface area contributed by atoms with Gasteiger partial charge in [0.1, 0.15) is 5.69 Å². The van der Waals surface area contributed by atoms with Crippen molar-refractivity contribution in [3.8, 4) is 5.13 Å². The van der Waals surface area contributed by atoms with Crippen molar-refractivity contribution in [1.29, 1.82) is 0 Å². The highest BCUT2D eigenvalue weighted by Crippen LogP contribution is 2.26. The van der Waals surface area contributed by atoms with Gasteiger partial charge in [0.25, 0.3) is 5.91 Å². The second-order valence-electron chi connectivity index (χ2n) is 7.12. The molecule has 11 heteroatoms. The molecule has 33 heavy (non-hydrogen) atoms. The highest BCUT2D eigenvalue weighted by atomic mass is 32.1. The van der Waals surface area contributed by atoms with E-state index in [-0.39, 0.29) is 17.3 Å². The quantitative estimate of drug-likeness (QED) is 0.475. The summed E-state index contributed by atoms with van der Waals surface area (Å²) in [6.07, 6.45) is 5.00. The van der Waals surface area contributed by atoms with E-state index in [0.717, 1.165) is 31.9 Å². The molecule has 4 aromatic heterocycles. The highest BCUT2D eigenvalue weighted by Gasteiger charge is 2.20. The van der Waals surface area contributed by atoms with E-state index in [0.29, 0.717) is 22.0 Å². The van der Waals surface area contributed by atoms with Crippen LogP contribution in [0.1, 0.15) is 24.3 Å². The average Bonchev–Trinajstić information content (AvgIpc) is 3.45. The summed E-state index contributed by atoms with van der Waals surface area (Å²) in [6.45, 7) is 7.48. The average molecular weight is 467 g/mol. The van der Waals surface area contributed by atoms with Crippen molar-refractivity contribution in [3.63, 3.8) is 0 Å². The summed E-state index contributed by atoms with van der Waals surface area (Å²) in [5, 5.41) is 8.31. The number of hydrogen-bond donors (Lipinski definition) is 2. The molecule has 0 unspecified atom stereocenters. The lowest BCUT2D eigenvalue weighted by atomic mass is 10.2. The summed E-state index contributed by atoms with van der Waals surface area (Å²) in [5.74, 6) is -0.349. The third-order valence-electron chi connectivity index (χ3n) is 5.22. The molecule has 10 nitrogen and oxygen atoms in total. The smallest absolute Gasteiger partial charge is 0.336 e. The first-order valence-corrected chi connectivity index (χ1v) is 11.7. The van der Waals surface area contributed by atoms with E-state index in [1.165, 1.54) is 20.5 Å². The third-order valence-corrected chi connectivity index (χ3v) is 6.05. The lowest BCUT2D eigenvalue weighted by Crippen LogP contribution is -2.43. The zero-order valence-corrected chi connectivity index (χ0v) is 19.6. The Bertz CT molecular complexity index is 1320. The van der Waals surface area contributed by atoms with Crippen molar-refractivity contribution in [2.45, 2.75) is 13.8 Å². The molecular formula is C22H26N8O2S. The molecule has 0 radical (unpaired) electrons. The van der Waals surface area contributed by atoms with Crippen LogP contribution >= 0.6 is 11.3 Å². The van der Waals surface area contributed by atoms with Gasteiger partial charge in [-0.2, -0.15) is 0 Å². The first-order valence-electron chi connectivity index (χ1n) is 10.8. The molecule has 2 N–H and O–H groups in total. The van der Waals surface area contributed by atoms with Gasteiger partial charge in [-0.25, -0.2) is 19.3 Å². The second kappa shape index (κ2) is 9.92. The molecule has 5 heterocycles. The predicted molar refractivity (Wildman–Crippen MR) is 131 cm³/mol. The number of carbonyl (C=O) groups excluding carboxylic acids is 1. The largest absolute Gasteiger partial charge is 0.367 e. The van der Waals surface area contributed by atoms with Gasteiger partial charge in [0.2, 0.25) is 0 Å². The van der Waals surface area contributed by atoms with Crippen LogP contribution in [0.15, 0.2) is 47.0 Å². The van der Waals surface area contributed by atoms with Crippen LogP contribution < -0.4 is 21.2 Å². The minimum absolute atomic E-state index is 0.239. The van der Waals surface area contributed by atoms with E-state index in [1.54, 1.807) is 43.2 Å². The van der Waals surface area contributed by atoms with Crippen LogP contribution in [0, 0.1) is 0 Å². The van der Waals surface area contributed by atoms with Crippen LogP contribution in [0.2, 0.25) is 0 Å². The number of carbonyl (C=O) groups is 1. The number of aromatic nitrogens is 5. The lowest BCUT2D eigenvalue weighted by molar-refractivity contribution is 0.102. The number of amides is 1. The van der Waals surface area contributed by atoms with Gasteiger partial charge in [0.05, 0.1) is 23.1 Å². The van der Waals surface area contributed by atoms with Crippen LogP contribution in [0.25, 0.3) is 16.3 Å². The first kappa shape index (κ1) is 22.6. The predicted octanol–water partition coefficient (Wildman–Crippen LogP) is 2.26. The number of anilines is 2. The Hall–Kier alpha value is -3.57. The number of piperazine rings is 1. The number of pyridine rings is 2. The lowest BCUT2D eigenvalue weighted by Gasteiger charge is -2.30. The van der Waals surface area contributed by atoms with E-state index in [1.807, 2.05) is 19.9 Å². The standard InChI is InChI=1S/C20H20N8O2S.C2H6/c1-26-17-16(3-2-5-23-17)28(20(26)30)19-25-14(12-31-19)18(29)24-13-11-22-6-4-15(13)27-9-7-21-8-10-27;1-2/h2-6,11-12,21H,7-10H2,1H3,(H,24,29);1-2H3. The van der Waals surface area contributed by atoms with Gasteiger partial charge in [-0.3, -0.25) is 14.3 Å². The Labute approximate surface area is 194 Å². The number of nitrogens with zero attached hydrogens (tertiary/aromatic N) is 6. The third kappa shape index (κ3) is 4.37. The van der Waals surface area contributed by atoms with Crippen molar-refractivity contribution in [2.75, 3.05) is 36.4 Å². The Morgan fingerprint density at radius 3 is 2.76 bits per heavy atom. The molecule has 0 atom stereocenters. The maximum atomic E-state index is 12.9. The Morgan fingerprint density at radius 1 is 1.18 bits per heavy atom. The number of aryl methyl sites for hydroxylation is 1. The second-order valence-corrected chi connectivity index (χ2v) is 7.96. The van der Waals surface area contributed by atoms with Gasteiger partial charge >= 0.3 is 5.69 Å². The van der Waals surface area contributed by atoms with Gasteiger partial charge < -0.3 is 15.5 Å². The van der Waals surface area contributed by atoms with Gasteiger partial charge in [0.15, 0.2) is 10.8 Å². The van der Waals surface area contributed by atoms with Gasteiger partial charge in [0, 0.05) is 51.0 Å². The van der Waals surface area contributed by atoms with Gasteiger partial charge in [-0.05, 0) is 18.2 Å². The van der Waals surface area contributed by atoms with Gasteiger partial charge in [-0.15, -0.1) is 11.3 Å². The molecule has 0 saturated carbocycles. The minimum atomic E-state index is -0.349. The maximum absolute atomic E-state index is 12.9. The summed E-state index contributed by atoms with van der Waals surface area (Å²) in [6, 6.07) is 5.47. The molecule has 1 aliphatic rings. The van der Waals surface area contributed by atoms with Crippen molar-refractivity contribution in [2.24, 2.45) is 7.05 Å². The summed E-state index contributed by atoms with van der Waals surface area (Å²) < 4.78 is 2.94. The number of nitrogens with one attached hydrogen (secondary N) is 2. The molecule has 5 rings (SSSR count). The summed E-state index contributed by atoms with van der Waals surface area (Å²) in [7, 11) is 1.66. The Balaban J connectivity index is 0.00000126. The Morgan fingerprint density at radius 2 is 1.97 bits per heavy atom. The van der Waals surface area contributed by atoms with Gasteiger partial charge in [-0.1, -0.05) is 13.8 Å². The molecule has 4 aromatic rings. The monoisotopic (exact) mass is 466 g/mol. The van der Waals surface area contributed by atoms with E-state index in [9.17, 15) is 9.59 Å². The van der Waals surface area contributed by atoms with Crippen molar-refractivity contribution >= 4 is 39.8 Å². The molecule has 0 spiro atoms. The van der Waals surface area contributed by atoms with E-state index < -0.39 is 0 Å². The van der Waals surface area contributed by atoms with Crippen molar-refractivity contribution in [1.82, 2.24) is 29.4 Å². The number of thiazole rings is 1. The molecule has 1 saturated heterocycles.